The summed E-state index contributed by atoms with van der Waals surface area (Å²) in [7, 11) is -3.04. The van der Waals surface area contributed by atoms with Crippen molar-refractivity contribution in [2.24, 2.45) is 5.92 Å². The van der Waals surface area contributed by atoms with E-state index in [0.29, 0.717) is 12.2 Å². The van der Waals surface area contributed by atoms with Crippen molar-refractivity contribution >= 4 is 21.7 Å². The third-order valence-electron chi connectivity index (χ3n) is 3.62. The second kappa shape index (κ2) is 7.61. The summed E-state index contributed by atoms with van der Waals surface area (Å²) in [6.07, 6.45) is -0.414. The Morgan fingerprint density at radius 3 is 2.54 bits per heavy atom. The summed E-state index contributed by atoms with van der Waals surface area (Å²) in [5, 5.41) is 0. The summed E-state index contributed by atoms with van der Waals surface area (Å²) in [4.78, 5) is 23.6. The second-order valence-electron chi connectivity index (χ2n) is 5.72. The van der Waals surface area contributed by atoms with E-state index >= 15 is 0 Å². The molecule has 0 spiro atoms. The van der Waals surface area contributed by atoms with E-state index in [4.69, 9.17) is 4.74 Å². The van der Waals surface area contributed by atoms with Crippen LogP contribution in [-0.2, 0) is 19.4 Å². The van der Waals surface area contributed by atoms with Crippen LogP contribution in [0, 0.1) is 11.7 Å². The van der Waals surface area contributed by atoms with Crippen LogP contribution in [0.1, 0.15) is 19.8 Å². The van der Waals surface area contributed by atoms with Crippen molar-refractivity contribution in [2.75, 3.05) is 11.5 Å². The third-order valence-corrected chi connectivity index (χ3v) is 5.46. The number of nitrogens with one attached hydrogen (secondary N) is 2. The van der Waals surface area contributed by atoms with Crippen molar-refractivity contribution in [2.45, 2.75) is 25.9 Å². The molecule has 24 heavy (non-hydrogen) atoms. The molecule has 2 rings (SSSR count). The molecule has 2 atom stereocenters. The SMILES string of the molecule is C[C@@H](Oc1ccc(F)cc1)C(=O)NNC(=O)C[C@H]1CCS(=O)(=O)C1. The molecule has 2 amide bonds. The number of rotatable bonds is 5. The molecule has 1 aromatic rings. The van der Waals surface area contributed by atoms with Crippen LogP contribution >= 0.6 is 0 Å². The highest BCUT2D eigenvalue weighted by Gasteiger charge is 2.29. The maximum Gasteiger partial charge on any atom is 0.279 e. The zero-order valence-corrected chi connectivity index (χ0v) is 13.9. The molecule has 0 aromatic heterocycles. The third kappa shape index (κ3) is 5.48. The number of benzene rings is 1. The van der Waals surface area contributed by atoms with Crippen molar-refractivity contribution in [1.29, 1.82) is 0 Å². The van der Waals surface area contributed by atoms with Crippen LogP contribution in [0.3, 0.4) is 0 Å². The normalized spacial score (nSPS) is 20.2. The first-order chi connectivity index (χ1) is 11.2. The molecular weight excluding hydrogens is 339 g/mol. The lowest BCUT2D eigenvalue weighted by Gasteiger charge is -2.15. The van der Waals surface area contributed by atoms with Crippen LogP contribution < -0.4 is 15.6 Å². The highest BCUT2D eigenvalue weighted by molar-refractivity contribution is 7.91. The Balaban J connectivity index is 1.73. The molecule has 0 bridgehead atoms. The first-order valence-electron chi connectivity index (χ1n) is 7.46. The van der Waals surface area contributed by atoms with E-state index in [1.165, 1.54) is 31.2 Å². The Hall–Kier alpha value is -2.16. The molecule has 0 radical (unpaired) electrons. The van der Waals surface area contributed by atoms with Gasteiger partial charge in [-0.1, -0.05) is 0 Å². The van der Waals surface area contributed by atoms with E-state index in [0.717, 1.165) is 0 Å². The van der Waals surface area contributed by atoms with Gasteiger partial charge in [0.25, 0.3) is 5.91 Å². The molecule has 1 saturated heterocycles. The Bertz CT molecular complexity index is 705. The summed E-state index contributed by atoms with van der Waals surface area (Å²) < 4.78 is 40.8. The maximum absolute atomic E-state index is 12.8. The van der Waals surface area contributed by atoms with Crippen LogP contribution in [0.2, 0.25) is 0 Å². The first-order valence-corrected chi connectivity index (χ1v) is 9.28. The van der Waals surface area contributed by atoms with Crippen molar-refractivity contribution in [1.82, 2.24) is 10.9 Å². The monoisotopic (exact) mass is 358 g/mol. The van der Waals surface area contributed by atoms with Gasteiger partial charge in [-0.15, -0.1) is 0 Å². The molecule has 1 heterocycles. The molecule has 1 aliphatic rings. The van der Waals surface area contributed by atoms with E-state index < -0.39 is 33.6 Å². The standard InChI is InChI=1S/C15H19FN2O5S/c1-10(23-13-4-2-12(16)3-5-13)15(20)18-17-14(19)8-11-6-7-24(21,22)9-11/h2-5,10-11H,6-9H2,1H3,(H,17,19)(H,18,20)/t10-,11-/m1/s1. The molecule has 1 fully saturated rings. The van der Waals surface area contributed by atoms with Crippen LogP contribution in [-0.4, -0.2) is 37.8 Å². The predicted molar refractivity (Wildman–Crippen MR) is 84.2 cm³/mol. The first kappa shape index (κ1) is 18.2. The average molecular weight is 358 g/mol. The summed E-state index contributed by atoms with van der Waals surface area (Å²) >= 11 is 0. The van der Waals surface area contributed by atoms with E-state index in [-0.39, 0.29) is 23.8 Å². The van der Waals surface area contributed by atoms with Gasteiger partial charge in [0.15, 0.2) is 15.9 Å². The number of hydrogen-bond acceptors (Lipinski definition) is 5. The number of carbonyl (C=O) groups excluding carboxylic acids is 2. The van der Waals surface area contributed by atoms with Crippen LogP contribution in [0.4, 0.5) is 4.39 Å². The Kier molecular flexibility index (Phi) is 5.76. The summed E-state index contributed by atoms with van der Waals surface area (Å²) in [6.45, 7) is 1.48. The lowest BCUT2D eigenvalue weighted by molar-refractivity contribution is -0.133. The minimum atomic E-state index is -3.04. The van der Waals surface area contributed by atoms with Gasteiger partial charge in [0.2, 0.25) is 5.91 Å². The predicted octanol–water partition coefficient (Wildman–Crippen LogP) is 0.565. The molecular formula is C15H19FN2O5S. The number of carbonyl (C=O) groups is 2. The fourth-order valence-electron chi connectivity index (χ4n) is 2.35. The fraction of sp³-hybridized carbons (Fsp3) is 0.467. The second-order valence-corrected chi connectivity index (χ2v) is 7.95. The Morgan fingerprint density at radius 1 is 1.29 bits per heavy atom. The number of hydrogen-bond donors (Lipinski definition) is 2. The summed E-state index contributed by atoms with van der Waals surface area (Å²) in [6, 6.07) is 5.19. The number of amides is 2. The van der Waals surface area contributed by atoms with Gasteiger partial charge in [0, 0.05) is 6.42 Å². The maximum atomic E-state index is 12.8. The Labute approximate surface area is 139 Å². The molecule has 0 aliphatic carbocycles. The molecule has 0 saturated carbocycles. The molecule has 7 nitrogen and oxygen atoms in total. The largest absolute Gasteiger partial charge is 0.481 e. The zero-order chi connectivity index (χ0) is 17.7. The highest BCUT2D eigenvalue weighted by atomic mass is 32.2. The van der Waals surface area contributed by atoms with Crippen LogP contribution in [0.5, 0.6) is 5.75 Å². The van der Waals surface area contributed by atoms with Gasteiger partial charge in [-0.25, -0.2) is 12.8 Å². The van der Waals surface area contributed by atoms with Crippen molar-refractivity contribution in [3.8, 4) is 5.75 Å². The average Bonchev–Trinajstić information content (AvgIpc) is 2.85. The quantitative estimate of drug-likeness (QED) is 0.749. The molecule has 0 unspecified atom stereocenters. The minimum Gasteiger partial charge on any atom is -0.481 e. The topological polar surface area (TPSA) is 102 Å². The lowest BCUT2D eigenvalue weighted by Crippen LogP contribution is -2.47. The smallest absolute Gasteiger partial charge is 0.279 e. The van der Waals surface area contributed by atoms with Gasteiger partial charge in [0.05, 0.1) is 11.5 Å². The number of halogens is 1. The molecule has 1 aromatic carbocycles. The van der Waals surface area contributed by atoms with Gasteiger partial charge in [0.1, 0.15) is 11.6 Å². The van der Waals surface area contributed by atoms with Crippen molar-refractivity contribution in [3.05, 3.63) is 30.1 Å². The van der Waals surface area contributed by atoms with Crippen molar-refractivity contribution in [3.63, 3.8) is 0 Å². The Morgan fingerprint density at radius 2 is 1.96 bits per heavy atom. The van der Waals surface area contributed by atoms with Crippen LogP contribution in [0.25, 0.3) is 0 Å². The summed E-state index contributed by atoms with van der Waals surface area (Å²) in [5.74, 6) is -1.26. The van der Waals surface area contributed by atoms with Gasteiger partial charge < -0.3 is 4.74 Å². The fourth-order valence-corrected chi connectivity index (χ4v) is 4.21. The van der Waals surface area contributed by atoms with E-state index in [1.807, 2.05) is 0 Å². The van der Waals surface area contributed by atoms with Gasteiger partial charge in [-0.3, -0.25) is 20.4 Å². The highest BCUT2D eigenvalue weighted by Crippen LogP contribution is 2.21. The molecule has 2 N–H and O–H groups in total. The molecule has 132 valence electrons. The van der Waals surface area contributed by atoms with E-state index in [9.17, 15) is 22.4 Å². The van der Waals surface area contributed by atoms with Crippen molar-refractivity contribution < 1.29 is 27.1 Å². The van der Waals surface area contributed by atoms with Gasteiger partial charge in [-0.05, 0) is 43.5 Å². The van der Waals surface area contributed by atoms with Crippen LogP contribution in [0.15, 0.2) is 24.3 Å². The zero-order valence-electron chi connectivity index (χ0n) is 13.1. The summed E-state index contributed by atoms with van der Waals surface area (Å²) in [5.41, 5.74) is 4.46. The number of ether oxygens (including phenoxy) is 1. The van der Waals surface area contributed by atoms with Gasteiger partial charge in [-0.2, -0.15) is 0 Å². The van der Waals surface area contributed by atoms with E-state index in [1.54, 1.807) is 0 Å². The molecule has 9 heteroatoms. The minimum absolute atomic E-state index is 0.00154. The van der Waals surface area contributed by atoms with Gasteiger partial charge >= 0.3 is 0 Å². The number of hydrazine groups is 1. The van der Waals surface area contributed by atoms with E-state index in [2.05, 4.69) is 10.9 Å². The lowest BCUT2D eigenvalue weighted by atomic mass is 10.1. The number of sulfone groups is 1. The molecule has 1 aliphatic heterocycles.